The average Bonchev–Trinajstić information content (AvgIpc) is 2.92. The number of sulfonamides is 1. The molecule has 0 aromatic heterocycles. The lowest BCUT2D eigenvalue weighted by Gasteiger charge is -2.20. The Bertz CT molecular complexity index is 1170. The number of anilines is 1. The van der Waals surface area contributed by atoms with E-state index in [-0.39, 0.29) is 33.8 Å². The molecule has 0 unspecified atom stereocenters. The normalized spacial score (nSPS) is 14.5. The summed E-state index contributed by atoms with van der Waals surface area (Å²) in [6.07, 6.45) is 0. The summed E-state index contributed by atoms with van der Waals surface area (Å²) in [7, 11) is -2.41. The highest BCUT2D eigenvalue weighted by Crippen LogP contribution is 2.33. The monoisotopic (exact) mass is 459 g/mol. The summed E-state index contributed by atoms with van der Waals surface area (Å²) in [6, 6.07) is 9.31. The number of benzene rings is 2. The van der Waals surface area contributed by atoms with E-state index in [1.807, 2.05) is 13.8 Å². The van der Waals surface area contributed by atoms with Crippen molar-refractivity contribution in [1.82, 2.24) is 9.62 Å². The van der Waals surface area contributed by atoms with Gasteiger partial charge >= 0.3 is 12.0 Å². The van der Waals surface area contributed by atoms with Gasteiger partial charge < -0.3 is 10.1 Å². The Labute approximate surface area is 187 Å². The zero-order chi connectivity index (χ0) is 23.8. The van der Waals surface area contributed by atoms with Gasteiger partial charge in [0.05, 0.1) is 11.1 Å². The SMILES string of the molecule is CC(C)NC(=O)N(C)c1ccc(OC(=O)c2ccc3c(c2)S(=O)(=O)N(C(C)C)C3=O)cc1. The number of rotatable bonds is 5. The minimum Gasteiger partial charge on any atom is -0.423 e. The third-order valence-electron chi connectivity index (χ3n) is 4.81. The van der Waals surface area contributed by atoms with Gasteiger partial charge in [0.1, 0.15) is 10.6 Å². The molecule has 1 heterocycles. The topological polar surface area (TPSA) is 113 Å². The van der Waals surface area contributed by atoms with Gasteiger partial charge in [0.15, 0.2) is 0 Å². The van der Waals surface area contributed by atoms with Gasteiger partial charge in [0, 0.05) is 24.8 Å². The molecule has 9 nitrogen and oxygen atoms in total. The molecule has 1 aliphatic heterocycles. The summed E-state index contributed by atoms with van der Waals surface area (Å²) in [5.74, 6) is -1.16. The maximum absolute atomic E-state index is 12.7. The molecule has 3 amide bonds. The van der Waals surface area contributed by atoms with Crippen molar-refractivity contribution < 1.29 is 27.5 Å². The highest BCUT2D eigenvalue weighted by Gasteiger charge is 2.43. The molecule has 0 saturated carbocycles. The van der Waals surface area contributed by atoms with Crippen LogP contribution in [0.3, 0.4) is 0 Å². The van der Waals surface area contributed by atoms with Crippen LogP contribution < -0.4 is 15.0 Å². The van der Waals surface area contributed by atoms with E-state index in [9.17, 15) is 22.8 Å². The second-order valence-corrected chi connectivity index (χ2v) is 9.74. The van der Waals surface area contributed by atoms with Crippen molar-refractivity contribution in [3.63, 3.8) is 0 Å². The number of carbonyl (C=O) groups excluding carboxylic acids is 3. The van der Waals surface area contributed by atoms with Crippen molar-refractivity contribution in [2.45, 2.75) is 44.7 Å². The Balaban J connectivity index is 1.78. The van der Waals surface area contributed by atoms with Crippen LogP contribution >= 0.6 is 0 Å². The first-order valence-electron chi connectivity index (χ1n) is 10.0. The maximum Gasteiger partial charge on any atom is 0.343 e. The van der Waals surface area contributed by atoms with Crippen molar-refractivity contribution in [3.05, 3.63) is 53.6 Å². The highest BCUT2D eigenvalue weighted by molar-refractivity contribution is 7.90. The summed E-state index contributed by atoms with van der Waals surface area (Å²) in [4.78, 5) is 38.3. The molecule has 0 radical (unpaired) electrons. The predicted molar refractivity (Wildman–Crippen MR) is 118 cm³/mol. The number of nitrogens with one attached hydrogen (secondary N) is 1. The minimum atomic E-state index is -4.02. The van der Waals surface area contributed by atoms with Gasteiger partial charge in [-0.3, -0.25) is 9.69 Å². The zero-order valence-electron chi connectivity index (χ0n) is 18.4. The van der Waals surface area contributed by atoms with Gasteiger partial charge in [-0.05, 0) is 70.2 Å². The molecule has 2 aromatic carbocycles. The van der Waals surface area contributed by atoms with Crippen LogP contribution in [0.4, 0.5) is 10.5 Å². The quantitative estimate of drug-likeness (QED) is 0.543. The third kappa shape index (κ3) is 4.31. The van der Waals surface area contributed by atoms with Crippen molar-refractivity contribution in [2.24, 2.45) is 0 Å². The number of carbonyl (C=O) groups is 3. The summed E-state index contributed by atoms with van der Waals surface area (Å²) < 4.78 is 31.6. The van der Waals surface area contributed by atoms with Crippen LogP contribution in [0.25, 0.3) is 0 Å². The minimum absolute atomic E-state index is 0.00300. The standard InChI is InChI=1S/C22H25N3O6S/c1-13(2)23-22(28)24(5)16-7-9-17(10-8-16)31-21(27)15-6-11-18-19(12-15)32(29,30)25(14(3)4)20(18)26/h6-14H,1-5H3,(H,23,28). The first-order chi connectivity index (χ1) is 14.9. The van der Waals surface area contributed by atoms with E-state index in [1.165, 1.54) is 29.2 Å². The molecule has 1 aliphatic rings. The van der Waals surface area contributed by atoms with E-state index in [0.29, 0.717) is 5.69 Å². The first-order valence-corrected chi connectivity index (χ1v) is 11.5. The van der Waals surface area contributed by atoms with Crippen molar-refractivity contribution >= 4 is 33.6 Å². The van der Waals surface area contributed by atoms with Gasteiger partial charge in [-0.1, -0.05) is 0 Å². The number of ether oxygens (including phenoxy) is 1. The maximum atomic E-state index is 12.7. The number of nitrogens with zero attached hydrogens (tertiary/aromatic N) is 2. The van der Waals surface area contributed by atoms with Crippen LogP contribution in [0.1, 0.15) is 48.4 Å². The average molecular weight is 460 g/mol. The highest BCUT2D eigenvalue weighted by atomic mass is 32.2. The largest absolute Gasteiger partial charge is 0.423 e. The lowest BCUT2D eigenvalue weighted by molar-refractivity contribution is 0.0733. The first kappa shape index (κ1) is 23.3. The van der Waals surface area contributed by atoms with E-state index >= 15 is 0 Å². The van der Waals surface area contributed by atoms with Crippen molar-refractivity contribution in [3.8, 4) is 5.75 Å². The molecule has 2 aromatic rings. The fourth-order valence-electron chi connectivity index (χ4n) is 3.25. The van der Waals surface area contributed by atoms with Gasteiger partial charge in [-0.15, -0.1) is 0 Å². The molecule has 0 fully saturated rings. The second kappa shape index (κ2) is 8.62. The fraction of sp³-hybridized carbons (Fsp3) is 0.318. The molecule has 3 rings (SSSR count). The summed E-state index contributed by atoms with van der Waals surface area (Å²) >= 11 is 0. The number of amides is 3. The molecule has 0 bridgehead atoms. The van der Waals surface area contributed by atoms with E-state index in [1.54, 1.807) is 33.0 Å². The molecule has 0 atom stereocenters. The van der Waals surface area contributed by atoms with Crippen molar-refractivity contribution in [1.29, 1.82) is 0 Å². The number of hydrogen-bond donors (Lipinski definition) is 1. The third-order valence-corrected chi connectivity index (χ3v) is 6.80. The molecule has 0 saturated heterocycles. The molecular formula is C22H25N3O6S. The lowest BCUT2D eigenvalue weighted by Crippen LogP contribution is -2.40. The van der Waals surface area contributed by atoms with Crippen LogP contribution in [0.2, 0.25) is 0 Å². The molecule has 10 heteroatoms. The smallest absolute Gasteiger partial charge is 0.343 e. The van der Waals surface area contributed by atoms with E-state index in [0.717, 1.165) is 10.4 Å². The lowest BCUT2D eigenvalue weighted by atomic mass is 10.1. The van der Waals surface area contributed by atoms with Crippen LogP contribution in [0.15, 0.2) is 47.4 Å². The Hall–Kier alpha value is -3.40. The van der Waals surface area contributed by atoms with E-state index in [4.69, 9.17) is 4.74 Å². The number of fused-ring (bicyclic) bond motifs is 1. The molecule has 1 N–H and O–H groups in total. The Morgan fingerprint density at radius 1 is 1.03 bits per heavy atom. The summed E-state index contributed by atoms with van der Waals surface area (Å²) in [5.41, 5.74) is 0.629. The summed E-state index contributed by atoms with van der Waals surface area (Å²) in [6.45, 7) is 6.91. The van der Waals surface area contributed by atoms with Gasteiger partial charge in [0.25, 0.3) is 15.9 Å². The van der Waals surface area contributed by atoms with Gasteiger partial charge in [-0.25, -0.2) is 22.3 Å². The Kier molecular flexibility index (Phi) is 6.27. The van der Waals surface area contributed by atoms with E-state index < -0.39 is 27.9 Å². The Morgan fingerprint density at radius 2 is 1.66 bits per heavy atom. The molecule has 170 valence electrons. The number of hydrogen-bond acceptors (Lipinski definition) is 6. The molecule has 32 heavy (non-hydrogen) atoms. The van der Waals surface area contributed by atoms with Crippen LogP contribution in [0.5, 0.6) is 5.75 Å². The molecular weight excluding hydrogens is 434 g/mol. The number of esters is 1. The van der Waals surface area contributed by atoms with Gasteiger partial charge in [0.2, 0.25) is 0 Å². The van der Waals surface area contributed by atoms with Crippen LogP contribution in [0, 0.1) is 0 Å². The molecule has 0 spiro atoms. The molecule has 0 aliphatic carbocycles. The Morgan fingerprint density at radius 3 is 2.22 bits per heavy atom. The summed E-state index contributed by atoms with van der Waals surface area (Å²) in [5, 5.41) is 2.77. The van der Waals surface area contributed by atoms with Gasteiger partial charge in [-0.2, -0.15) is 0 Å². The van der Waals surface area contributed by atoms with E-state index in [2.05, 4.69) is 5.32 Å². The second-order valence-electron chi connectivity index (χ2n) is 7.96. The van der Waals surface area contributed by atoms with Crippen LogP contribution in [-0.2, 0) is 10.0 Å². The zero-order valence-corrected chi connectivity index (χ0v) is 19.3. The fourth-order valence-corrected chi connectivity index (χ4v) is 5.04. The predicted octanol–water partition coefficient (Wildman–Crippen LogP) is 3.01. The van der Waals surface area contributed by atoms with Crippen molar-refractivity contribution in [2.75, 3.05) is 11.9 Å². The number of urea groups is 1. The van der Waals surface area contributed by atoms with Crippen LogP contribution in [-0.4, -0.2) is 49.8 Å².